The summed E-state index contributed by atoms with van der Waals surface area (Å²) in [5.41, 5.74) is 12.3. The second kappa shape index (κ2) is 8.02. The van der Waals surface area contributed by atoms with Gasteiger partial charge in [-0.25, -0.2) is 0 Å². The molecule has 0 aliphatic carbocycles. The molecule has 0 bridgehead atoms. The van der Waals surface area contributed by atoms with Gasteiger partial charge in [-0.2, -0.15) is 0 Å². The van der Waals surface area contributed by atoms with Crippen molar-refractivity contribution in [3.8, 4) is 17.2 Å². The van der Waals surface area contributed by atoms with Gasteiger partial charge in [-0.3, -0.25) is 0 Å². The van der Waals surface area contributed by atoms with E-state index in [0.717, 1.165) is 18.4 Å². The molecule has 0 saturated heterocycles. The molecule has 1 aromatic carbocycles. The van der Waals surface area contributed by atoms with Gasteiger partial charge < -0.3 is 26.0 Å². The van der Waals surface area contributed by atoms with E-state index in [1.165, 1.54) is 26.4 Å². The maximum absolute atomic E-state index is 9.52. The van der Waals surface area contributed by atoms with Crippen LogP contribution in [0.1, 0.15) is 24.4 Å². The Morgan fingerprint density at radius 1 is 1.22 bits per heavy atom. The van der Waals surface area contributed by atoms with Gasteiger partial charge in [0.15, 0.2) is 0 Å². The van der Waals surface area contributed by atoms with Gasteiger partial charge in [0.25, 0.3) is 0 Å². The number of halogens is 1. The fourth-order valence-corrected chi connectivity index (χ4v) is 1.77. The van der Waals surface area contributed by atoms with Gasteiger partial charge in [0.1, 0.15) is 17.2 Å². The standard InChI is InChI=1S/C12H20N2O3.ClH/c1-16-10-6-8(15)7-11(17-2)12(10)9(14)4-3-5-13;/h6-7,9,15H,3-5,13-14H2,1-2H3;1H/t9-;/m1./s1. The number of hydrogen-bond acceptors (Lipinski definition) is 5. The molecule has 0 heterocycles. The van der Waals surface area contributed by atoms with Gasteiger partial charge in [0.05, 0.1) is 19.8 Å². The Hall–Kier alpha value is -1.17. The number of rotatable bonds is 6. The monoisotopic (exact) mass is 276 g/mol. The summed E-state index contributed by atoms with van der Waals surface area (Å²) in [4.78, 5) is 0. The molecule has 0 spiro atoms. The van der Waals surface area contributed by atoms with E-state index in [4.69, 9.17) is 20.9 Å². The molecule has 1 aromatic rings. The molecule has 104 valence electrons. The lowest BCUT2D eigenvalue weighted by Crippen LogP contribution is -2.14. The Bertz CT molecular complexity index is 349. The van der Waals surface area contributed by atoms with Gasteiger partial charge >= 0.3 is 0 Å². The second-order valence-electron chi connectivity index (χ2n) is 3.80. The molecule has 6 heteroatoms. The molecule has 5 N–H and O–H groups in total. The predicted octanol–water partition coefficient (Wildman–Crippen LogP) is 1.57. The van der Waals surface area contributed by atoms with Crippen LogP contribution in [0.15, 0.2) is 12.1 Å². The van der Waals surface area contributed by atoms with Crippen LogP contribution in [0.4, 0.5) is 0 Å². The molecule has 0 aliphatic rings. The topological polar surface area (TPSA) is 90.7 Å². The van der Waals surface area contributed by atoms with E-state index in [2.05, 4.69) is 0 Å². The van der Waals surface area contributed by atoms with Crippen LogP contribution in [-0.2, 0) is 0 Å². The summed E-state index contributed by atoms with van der Waals surface area (Å²) in [6.45, 7) is 0.594. The van der Waals surface area contributed by atoms with Crippen LogP contribution in [0, 0.1) is 0 Å². The van der Waals surface area contributed by atoms with Gasteiger partial charge in [0.2, 0.25) is 0 Å². The summed E-state index contributed by atoms with van der Waals surface area (Å²) >= 11 is 0. The fraction of sp³-hybridized carbons (Fsp3) is 0.500. The third kappa shape index (κ3) is 3.94. The average Bonchev–Trinajstić information content (AvgIpc) is 2.34. The molecule has 0 radical (unpaired) electrons. The molecular formula is C12H21ClN2O3. The van der Waals surface area contributed by atoms with Crippen molar-refractivity contribution in [3.05, 3.63) is 17.7 Å². The van der Waals surface area contributed by atoms with Crippen LogP contribution in [0.3, 0.4) is 0 Å². The number of benzene rings is 1. The summed E-state index contributed by atoms with van der Waals surface area (Å²) in [5.74, 6) is 1.16. The number of aromatic hydroxyl groups is 1. The quantitative estimate of drug-likeness (QED) is 0.734. The Kier molecular flexibility index (Phi) is 7.50. The smallest absolute Gasteiger partial charge is 0.131 e. The third-order valence-electron chi connectivity index (χ3n) is 2.62. The van der Waals surface area contributed by atoms with Crippen molar-refractivity contribution in [2.75, 3.05) is 20.8 Å². The zero-order chi connectivity index (χ0) is 12.8. The van der Waals surface area contributed by atoms with E-state index in [1.54, 1.807) is 0 Å². The van der Waals surface area contributed by atoms with Gasteiger partial charge in [-0.05, 0) is 19.4 Å². The minimum atomic E-state index is -0.218. The molecule has 0 fully saturated rings. The van der Waals surface area contributed by atoms with Crippen LogP contribution in [-0.4, -0.2) is 25.9 Å². The normalized spacial score (nSPS) is 11.6. The molecule has 5 nitrogen and oxygen atoms in total. The first-order valence-corrected chi connectivity index (χ1v) is 5.54. The van der Waals surface area contributed by atoms with Crippen molar-refractivity contribution >= 4 is 12.4 Å². The first-order valence-electron chi connectivity index (χ1n) is 5.54. The van der Waals surface area contributed by atoms with Crippen molar-refractivity contribution in [1.29, 1.82) is 0 Å². The molecule has 0 unspecified atom stereocenters. The molecule has 0 saturated carbocycles. The van der Waals surface area contributed by atoms with Crippen molar-refractivity contribution < 1.29 is 14.6 Å². The van der Waals surface area contributed by atoms with Gasteiger partial charge in [-0.15, -0.1) is 12.4 Å². The molecule has 0 amide bonds. The lowest BCUT2D eigenvalue weighted by Gasteiger charge is -2.19. The first kappa shape index (κ1) is 16.8. The number of nitrogens with two attached hydrogens (primary N) is 2. The number of hydrogen-bond donors (Lipinski definition) is 3. The number of phenolic OH excluding ortho intramolecular Hbond substituents is 1. The van der Waals surface area contributed by atoms with Crippen molar-refractivity contribution in [2.45, 2.75) is 18.9 Å². The van der Waals surface area contributed by atoms with Crippen LogP contribution in [0.25, 0.3) is 0 Å². The summed E-state index contributed by atoms with van der Waals surface area (Å²) in [7, 11) is 3.07. The van der Waals surface area contributed by atoms with E-state index in [1.807, 2.05) is 0 Å². The maximum atomic E-state index is 9.52. The predicted molar refractivity (Wildman–Crippen MR) is 73.7 cm³/mol. The molecular weight excluding hydrogens is 256 g/mol. The molecule has 1 atom stereocenters. The molecule has 1 rings (SSSR count). The zero-order valence-electron chi connectivity index (χ0n) is 10.7. The van der Waals surface area contributed by atoms with Gasteiger partial charge in [0, 0.05) is 18.2 Å². The SMILES string of the molecule is COc1cc(O)cc(OC)c1[C@H](N)CCCN.Cl. The molecule has 0 aliphatic heterocycles. The minimum absolute atomic E-state index is 0. The maximum Gasteiger partial charge on any atom is 0.131 e. The number of methoxy groups -OCH3 is 2. The van der Waals surface area contributed by atoms with Crippen molar-refractivity contribution in [1.82, 2.24) is 0 Å². The molecule has 18 heavy (non-hydrogen) atoms. The highest BCUT2D eigenvalue weighted by Gasteiger charge is 2.18. The first-order chi connectivity index (χ1) is 8.13. The summed E-state index contributed by atoms with van der Waals surface area (Å²) in [5, 5.41) is 9.52. The Balaban J connectivity index is 0.00000289. The number of ether oxygens (including phenoxy) is 2. The summed E-state index contributed by atoms with van der Waals surface area (Å²) in [6.07, 6.45) is 1.57. The minimum Gasteiger partial charge on any atom is -0.508 e. The van der Waals surface area contributed by atoms with Gasteiger partial charge in [-0.1, -0.05) is 0 Å². The average molecular weight is 277 g/mol. The fourth-order valence-electron chi connectivity index (χ4n) is 1.77. The Labute approximate surface area is 113 Å². The Morgan fingerprint density at radius 2 is 1.72 bits per heavy atom. The molecule has 0 aromatic heterocycles. The highest BCUT2D eigenvalue weighted by atomic mass is 35.5. The summed E-state index contributed by atoms with van der Waals surface area (Å²) < 4.78 is 10.4. The second-order valence-corrected chi connectivity index (χ2v) is 3.80. The van der Waals surface area contributed by atoms with Crippen LogP contribution in [0.2, 0.25) is 0 Å². The van der Waals surface area contributed by atoms with Crippen LogP contribution in [0.5, 0.6) is 17.2 Å². The van der Waals surface area contributed by atoms with E-state index < -0.39 is 0 Å². The largest absolute Gasteiger partial charge is 0.508 e. The van der Waals surface area contributed by atoms with E-state index >= 15 is 0 Å². The third-order valence-corrected chi connectivity index (χ3v) is 2.62. The van der Waals surface area contributed by atoms with E-state index in [0.29, 0.717) is 18.0 Å². The zero-order valence-corrected chi connectivity index (χ0v) is 11.5. The van der Waals surface area contributed by atoms with Crippen molar-refractivity contribution in [3.63, 3.8) is 0 Å². The number of phenols is 1. The summed E-state index contributed by atoms with van der Waals surface area (Å²) in [6, 6.07) is 2.84. The lowest BCUT2D eigenvalue weighted by molar-refractivity contribution is 0.368. The Morgan fingerprint density at radius 3 is 2.11 bits per heavy atom. The van der Waals surface area contributed by atoms with E-state index in [9.17, 15) is 5.11 Å². The lowest BCUT2D eigenvalue weighted by atomic mass is 10.0. The van der Waals surface area contributed by atoms with Crippen LogP contribution < -0.4 is 20.9 Å². The highest BCUT2D eigenvalue weighted by Crippen LogP contribution is 2.38. The van der Waals surface area contributed by atoms with Crippen LogP contribution >= 0.6 is 12.4 Å². The highest BCUT2D eigenvalue weighted by molar-refractivity contribution is 5.85. The van der Waals surface area contributed by atoms with Crippen molar-refractivity contribution in [2.24, 2.45) is 11.5 Å². The van der Waals surface area contributed by atoms with E-state index in [-0.39, 0.29) is 24.2 Å².